The van der Waals surface area contributed by atoms with Crippen LogP contribution in [0.4, 0.5) is 0 Å². The van der Waals surface area contributed by atoms with E-state index < -0.39 is 10.0 Å². The summed E-state index contributed by atoms with van der Waals surface area (Å²) in [6.07, 6.45) is 2.63. The van der Waals surface area contributed by atoms with E-state index in [1.165, 1.54) is 29.1 Å². The van der Waals surface area contributed by atoms with Crippen LogP contribution in [0.15, 0.2) is 47.4 Å². The average molecular weight is 401 g/mol. The van der Waals surface area contributed by atoms with Crippen molar-refractivity contribution in [3.05, 3.63) is 59.2 Å². The molecule has 0 radical (unpaired) electrons. The number of carbonyl (C=O) groups excluding carboxylic acids is 1. The van der Waals surface area contributed by atoms with E-state index in [1.807, 2.05) is 24.3 Å². The predicted molar refractivity (Wildman–Crippen MR) is 106 cm³/mol. The fourth-order valence-corrected chi connectivity index (χ4v) is 5.37. The van der Waals surface area contributed by atoms with Crippen molar-refractivity contribution >= 4 is 15.9 Å². The van der Waals surface area contributed by atoms with Gasteiger partial charge >= 0.3 is 0 Å². The molecule has 0 atom stereocenters. The minimum Gasteiger partial charge on any atom is -0.496 e. The lowest BCUT2D eigenvalue weighted by atomic mass is 10.0. The summed E-state index contributed by atoms with van der Waals surface area (Å²) in [5, 5.41) is 0. The molecule has 1 fully saturated rings. The molecule has 6 nitrogen and oxygen atoms in total. The highest BCUT2D eigenvalue weighted by atomic mass is 32.2. The van der Waals surface area contributed by atoms with Crippen LogP contribution in [0.25, 0.3) is 0 Å². The van der Waals surface area contributed by atoms with E-state index in [9.17, 15) is 13.2 Å². The van der Waals surface area contributed by atoms with Crippen molar-refractivity contribution in [2.45, 2.75) is 30.7 Å². The summed E-state index contributed by atoms with van der Waals surface area (Å²) in [5.41, 5.74) is 2.52. The summed E-state index contributed by atoms with van der Waals surface area (Å²) >= 11 is 0. The Morgan fingerprint density at radius 3 is 2.43 bits per heavy atom. The van der Waals surface area contributed by atoms with Crippen molar-refractivity contribution in [1.82, 2.24) is 9.21 Å². The lowest BCUT2D eigenvalue weighted by molar-refractivity contribution is 0.0789. The molecular weight excluding hydrogens is 376 g/mol. The first-order valence-electron chi connectivity index (χ1n) is 9.55. The van der Waals surface area contributed by atoms with Crippen molar-refractivity contribution in [3.63, 3.8) is 0 Å². The van der Waals surface area contributed by atoms with Gasteiger partial charge in [0, 0.05) is 26.2 Å². The Morgan fingerprint density at radius 1 is 1.00 bits per heavy atom. The number of benzene rings is 2. The van der Waals surface area contributed by atoms with Crippen LogP contribution in [0.3, 0.4) is 0 Å². The Labute approximate surface area is 165 Å². The van der Waals surface area contributed by atoms with Crippen LogP contribution in [0.1, 0.15) is 34.3 Å². The third-order valence-electron chi connectivity index (χ3n) is 5.53. The summed E-state index contributed by atoms with van der Waals surface area (Å²) in [5.74, 6) is 0.232. The summed E-state index contributed by atoms with van der Waals surface area (Å²) in [6.45, 7) is 2.17. The minimum absolute atomic E-state index is 0.134. The maximum absolute atomic E-state index is 13.3. The number of nitrogens with zero attached hydrogens (tertiary/aromatic N) is 2. The Kier molecular flexibility index (Phi) is 5.12. The molecule has 1 amide bonds. The smallest absolute Gasteiger partial charge is 0.257 e. The van der Waals surface area contributed by atoms with Crippen molar-refractivity contribution in [1.29, 1.82) is 0 Å². The number of amides is 1. The minimum atomic E-state index is -3.70. The number of sulfonamides is 1. The fraction of sp³-hybridized carbons (Fsp3) is 0.381. The molecule has 0 bridgehead atoms. The molecule has 0 N–H and O–H groups in total. The van der Waals surface area contributed by atoms with E-state index in [4.69, 9.17) is 4.74 Å². The molecule has 2 aliphatic rings. The van der Waals surface area contributed by atoms with Crippen LogP contribution >= 0.6 is 0 Å². The number of carbonyl (C=O) groups is 1. The molecule has 1 saturated heterocycles. The number of hydrogen-bond donors (Lipinski definition) is 0. The Morgan fingerprint density at radius 2 is 1.71 bits per heavy atom. The Hall–Kier alpha value is -2.38. The second kappa shape index (κ2) is 7.56. The number of ether oxygens (including phenoxy) is 1. The molecule has 0 aliphatic carbocycles. The van der Waals surface area contributed by atoms with Crippen LogP contribution < -0.4 is 4.74 Å². The van der Waals surface area contributed by atoms with Crippen molar-refractivity contribution in [2.24, 2.45) is 0 Å². The van der Waals surface area contributed by atoms with Crippen LogP contribution in [0.5, 0.6) is 5.75 Å². The number of hydrogen-bond acceptors (Lipinski definition) is 4. The highest BCUT2D eigenvalue weighted by molar-refractivity contribution is 7.89. The van der Waals surface area contributed by atoms with E-state index >= 15 is 0 Å². The first kappa shape index (κ1) is 19.0. The lowest BCUT2D eigenvalue weighted by Gasteiger charge is -2.28. The summed E-state index contributed by atoms with van der Waals surface area (Å²) < 4.78 is 33.3. The van der Waals surface area contributed by atoms with E-state index in [0.717, 1.165) is 18.4 Å². The molecule has 28 heavy (non-hydrogen) atoms. The second-order valence-electron chi connectivity index (χ2n) is 7.22. The second-order valence-corrected chi connectivity index (χ2v) is 9.16. The van der Waals surface area contributed by atoms with Gasteiger partial charge in [-0.05, 0) is 48.6 Å². The van der Waals surface area contributed by atoms with Crippen LogP contribution in [-0.4, -0.2) is 50.3 Å². The predicted octanol–water partition coefficient (Wildman–Crippen LogP) is 2.68. The van der Waals surface area contributed by atoms with Gasteiger partial charge in [0.05, 0.1) is 17.6 Å². The number of likely N-dealkylation sites (tertiary alicyclic amines) is 1. The van der Waals surface area contributed by atoms with Crippen molar-refractivity contribution < 1.29 is 17.9 Å². The zero-order chi connectivity index (χ0) is 19.7. The van der Waals surface area contributed by atoms with Crippen molar-refractivity contribution in [2.75, 3.05) is 26.7 Å². The standard InChI is InChI=1S/C21H24N2O4S/c1-27-20-9-8-18(14-19(20)21(24)22-11-4-5-12-22)28(25,26)23-13-10-16-6-2-3-7-17(16)15-23/h2-3,6-9,14H,4-5,10-13,15H2,1H3. The molecule has 148 valence electrons. The first-order chi connectivity index (χ1) is 13.5. The first-order valence-corrected chi connectivity index (χ1v) is 11.0. The molecule has 0 spiro atoms. The topological polar surface area (TPSA) is 66.9 Å². The van der Waals surface area contributed by atoms with Crippen LogP contribution in [-0.2, 0) is 23.0 Å². The highest BCUT2D eigenvalue weighted by Crippen LogP contribution is 2.29. The third-order valence-corrected chi connectivity index (χ3v) is 7.37. The molecule has 2 heterocycles. The maximum atomic E-state index is 13.3. The molecule has 2 aromatic rings. The van der Waals surface area contributed by atoms with Gasteiger partial charge in [-0.3, -0.25) is 4.79 Å². The molecule has 0 saturated carbocycles. The van der Waals surface area contributed by atoms with Gasteiger partial charge in [0.2, 0.25) is 10.0 Å². The molecule has 0 aromatic heterocycles. The van der Waals surface area contributed by atoms with Gasteiger partial charge in [-0.2, -0.15) is 4.31 Å². The van der Waals surface area contributed by atoms with Gasteiger partial charge in [-0.25, -0.2) is 8.42 Å². The molecule has 2 aliphatic heterocycles. The van der Waals surface area contributed by atoms with Gasteiger partial charge in [0.1, 0.15) is 5.75 Å². The number of methoxy groups -OCH3 is 1. The molecule has 0 unspecified atom stereocenters. The summed E-state index contributed by atoms with van der Waals surface area (Å²) in [4.78, 5) is 14.8. The van der Waals surface area contributed by atoms with Crippen LogP contribution in [0.2, 0.25) is 0 Å². The van der Waals surface area contributed by atoms with Gasteiger partial charge in [0.25, 0.3) is 5.91 Å². The normalized spacial score (nSPS) is 17.4. The maximum Gasteiger partial charge on any atom is 0.257 e. The molecule has 2 aromatic carbocycles. The number of rotatable bonds is 4. The zero-order valence-corrected chi connectivity index (χ0v) is 16.7. The largest absolute Gasteiger partial charge is 0.496 e. The monoisotopic (exact) mass is 400 g/mol. The average Bonchev–Trinajstić information content (AvgIpc) is 3.27. The van der Waals surface area contributed by atoms with E-state index in [0.29, 0.717) is 43.9 Å². The van der Waals surface area contributed by atoms with Gasteiger partial charge in [0.15, 0.2) is 0 Å². The highest BCUT2D eigenvalue weighted by Gasteiger charge is 2.30. The zero-order valence-electron chi connectivity index (χ0n) is 15.9. The summed E-state index contributed by atoms with van der Waals surface area (Å²) in [7, 11) is -2.21. The van der Waals surface area contributed by atoms with Gasteiger partial charge < -0.3 is 9.64 Å². The summed E-state index contributed by atoms with van der Waals surface area (Å²) in [6, 6.07) is 12.5. The fourth-order valence-electron chi connectivity index (χ4n) is 3.93. The van der Waals surface area contributed by atoms with E-state index in [2.05, 4.69) is 0 Å². The molecule has 7 heteroatoms. The quantitative estimate of drug-likeness (QED) is 0.791. The SMILES string of the molecule is COc1ccc(S(=O)(=O)N2CCc3ccccc3C2)cc1C(=O)N1CCCC1. The number of fused-ring (bicyclic) bond motifs is 1. The Bertz CT molecular complexity index is 997. The lowest BCUT2D eigenvalue weighted by Crippen LogP contribution is -2.36. The van der Waals surface area contributed by atoms with Gasteiger partial charge in [-0.15, -0.1) is 0 Å². The van der Waals surface area contributed by atoms with E-state index in [1.54, 1.807) is 11.0 Å². The third kappa shape index (κ3) is 3.40. The Balaban J connectivity index is 1.66. The molecule has 4 rings (SSSR count). The van der Waals surface area contributed by atoms with Crippen LogP contribution in [0, 0.1) is 0 Å². The molecular formula is C21H24N2O4S. The van der Waals surface area contributed by atoms with Gasteiger partial charge in [-0.1, -0.05) is 24.3 Å². The van der Waals surface area contributed by atoms with Crippen molar-refractivity contribution in [3.8, 4) is 5.75 Å². The van der Waals surface area contributed by atoms with E-state index in [-0.39, 0.29) is 10.8 Å².